The summed E-state index contributed by atoms with van der Waals surface area (Å²) in [4.78, 5) is 0. The normalized spacial score (nSPS) is 10.4. The van der Waals surface area contributed by atoms with Crippen molar-refractivity contribution in [2.24, 2.45) is 0 Å². The maximum atomic E-state index is 13.1. The van der Waals surface area contributed by atoms with Crippen LogP contribution < -0.4 is 5.32 Å². The van der Waals surface area contributed by atoms with Crippen molar-refractivity contribution in [3.05, 3.63) is 65.5 Å². The first-order valence-corrected chi connectivity index (χ1v) is 6.79. The largest absolute Gasteiger partial charge is 0.385 e. The van der Waals surface area contributed by atoms with E-state index in [9.17, 15) is 4.39 Å². The lowest BCUT2D eigenvalue weighted by atomic mass is 10.1. The highest BCUT2D eigenvalue weighted by molar-refractivity contribution is 5.50. The Kier molecular flexibility index (Phi) is 4.96. The molecule has 2 heteroatoms. The number of hydrogen-bond acceptors (Lipinski definition) is 1. The highest BCUT2D eigenvalue weighted by Gasteiger charge is 1.99. The van der Waals surface area contributed by atoms with Gasteiger partial charge in [-0.2, -0.15) is 0 Å². The molecule has 0 spiro atoms. The van der Waals surface area contributed by atoms with Gasteiger partial charge < -0.3 is 5.32 Å². The molecular weight excluding hydrogens is 237 g/mol. The fourth-order valence-electron chi connectivity index (χ4n) is 2.11. The van der Waals surface area contributed by atoms with Crippen molar-refractivity contribution in [1.82, 2.24) is 0 Å². The number of unbranched alkanes of at least 4 members (excludes halogenated alkanes) is 1. The minimum Gasteiger partial charge on any atom is -0.385 e. The second kappa shape index (κ2) is 6.93. The van der Waals surface area contributed by atoms with Gasteiger partial charge in [0, 0.05) is 12.2 Å². The summed E-state index contributed by atoms with van der Waals surface area (Å²) in [6.07, 6.45) is 3.33. The number of hydrogen-bond donors (Lipinski definition) is 1. The van der Waals surface area contributed by atoms with Crippen molar-refractivity contribution in [2.75, 3.05) is 11.9 Å². The Morgan fingerprint density at radius 1 is 1.00 bits per heavy atom. The zero-order valence-corrected chi connectivity index (χ0v) is 11.3. The molecule has 0 bridgehead atoms. The molecule has 0 amide bonds. The Bertz CT molecular complexity index is 508. The highest BCUT2D eigenvalue weighted by atomic mass is 19.1. The van der Waals surface area contributed by atoms with Gasteiger partial charge in [-0.05, 0) is 49.4 Å². The Balaban J connectivity index is 1.71. The Morgan fingerprint density at radius 3 is 2.58 bits per heavy atom. The van der Waals surface area contributed by atoms with Gasteiger partial charge in [0.05, 0.1) is 0 Å². The third kappa shape index (κ3) is 4.40. The van der Waals surface area contributed by atoms with Crippen molar-refractivity contribution in [3.8, 4) is 0 Å². The second-order valence-electron chi connectivity index (χ2n) is 4.83. The maximum absolute atomic E-state index is 13.1. The molecule has 1 nitrogen and oxygen atoms in total. The zero-order chi connectivity index (χ0) is 13.5. The van der Waals surface area contributed by atoms with E-state index in [0.717, 1.165) is 37.1 Å². The number of halogens is 1. The van der Waals surface area contributed by atoms with Crippen molar-refractivity contribution in [1.29, 1.82) is 0 Å². The van der Waals surface area contributed by atoms with Gasteiger partial charge in [0.1, 0.15) is 5.82 Å². The van der Waals surface area contributed by atoms with Gasteiger partial charge >= 0.3 is 0 Å². The zero-order valence-electron chi connectivity index (χ0n) is 11.3. The second-order valence-corrected chi connectivity index (χ2v) is 4.83. The maximum Gasteiger partial charge on any atom is 0.125 e. The van der Waals surface area contributed by atoms with E-state index in [2.05, 4.69) is 29.6 Å². The molecule has 2 aromatic carbocycles. The summed E-state index contributed by atoms with van der Waals surface area (Å²) in [6.45, 7) is 2.88. The van der Waals surface area contributed by atoms with E-state index in [0.29, 0.717) is 0 Å². The number of aryl methyl sites for hydroxylation is 2. The van der Waals surface area contributed by atoms with Crippen LogP contribution in [0.15, 0.2) is 48.5 Å². The smallest absolute Gasteiger partial charge is 0.125 e. The Hall–Kier alpha value is -1.83. The van der Waals surface area contributed by atoms with Crippen molar-refractivity contribution in [3.63, 3.8) is 0 Å². The molecular formula is C17H20FN. The number of benzene rings is 2. The van der Waals surface area contributed by atoms with Crippen LogP contribution in [0.3, 0.4) is 0 Å². The van der Waals surface area contributed by atoms with Crippen LogP contribution in [0.5, 0.6) is 0 Å². The number of rotatable bonds is 6. The van der Waals surface area contributed by atoms with Gasteiger partial charge in [-0.1, -0.05) is 36.4 Å². The van der Waals surface area contributed by atoms with E-state index in [-0.39, 0.29) is 5.82 Å². The molecule has 0 saturated carbocycles. The van der Waals surface area contributed by atoms with E-state index in [4.69, 9.17) is 0 Å². The quantitative estimate of drug-likeness (QED) is 0.747. The van der Waals surface area contributed by atoms with E-state index in [1.54, 1.807) is 6.07 Å². The van der Waals surface area contributed by atoms with Crippen LogP contribution in [0, 0.1) is 12.7 Å². The minimum atomic E-state index is -0.183. The van der Waals surface area contributed by atoms with E-state index in [1.165, 1.54) is 11.6 Å². The molecule has 0 heterocycles. The van der Waals surface area contributed by atoms with Crippen LogP contribution in [0.25, 0.3) is 0 Å². The summed E-state index contributed by atoms with van der Waals surface area (Å²) in [5.74, 6) is -0.183. The minimum absolute atomic E-state index is 0.183. The van der Waals surface area contributed by atoms with Crippen LogP contribution in [-0.2, 0) is 6.42 Å². The Labute approximate surface area is 114 Å². The lowest BCUT2D eigenvalue weighted by Crippen LogP contribution is -2.03. The molecule has 19 heavy (non-hydrogen) atoms. The summed E-state index contributed by atoms with van der Waals surface area (Å²) in [7, 11) is 0. The molecule has 0 radical (unpaired) electrons. The van der Waals surface area contributed by atoms with Gasteiger partial charge in [0.15, 0.2) is 0 Å². The summed E-state index contributed by atoms with van der Waals surface area (Å²) >= 11 is 0. The van der Waals surface area contributed by atoms with Crippen molar-refractivity contribution < 1.29 is 4.39 Å². The first-order chi connectivity index (χ1) is 9.25. The molecule has 0 aliphatic heterocycles. The first-order valence-electron chi connectivity index (χ1n) is 6.79. The molecule has 2 aromatic rings. The van der Waals surface area contributed by atoms with Gasteiger partial charge in [0.2, 0.25) is 0 Å². The van der Waals surface area contributed by atoms with Gasteiger partial charge in [-0.15, -0.1) is 0 Å². The van der Waals surface area contributed by atoms with Gasteiger partial charge in [0.25, 0.3) is 0 Å². The average Bonchev–Trinajstić information content (AvgIpc) is 2.43. The summed E-state index contributed by atoms with van der Waals surface area (Å²) in [5.41, 5.74) is 3.37. The third-order valence-corrected chi connectivity index (χ3v) is 3.25. The Morgan fingerprint density at radius 2 is 1.79 bits per heavy atom. The summed E-state index contributed by atoms with van der Waals surface area (Å²) in [6, 6.07) is 15.4. The molecule has 2 rings (SSSR count). The fraction of sp³-hybridized carbons (Fsp3) is 0.294. The summed E-state index contributed by atoms with van der Waals surface area (Å²) < 4.78 is 13.1. The topological polar surface area (TPSA) is 12.0 Å². The SMILES string of the molecule is Cc1ccc(F)cc1NCCCCc1ccccc1. The van der Waals surface area contributed by atoms with E-state index >= 15 is 0 Å². The third-order valence-electron chi connectivity index (χ3n) is 3.25. The number of nitrogens with one attached hydrogen (secondary N) is 1. The van der Waals surface area contributed by atoms with Crippen LogP contribution in [0.2, 0.25) is 0 Å². The average molecular weight is 257 g/mol. The molecule has 0 atom stereocenters. The molecule has 0 aromatic heterocycles. The van der Waals surface area contributed by atoms with E-state index < -0.39 is 0 Å². The molecule has 1 N–H and O–H groups in total. The van der Waals surface area contributed by atoms with E-state index in [1.807, 2.05) is 19.1 Å². The number of anilines is 1. The van der Waals surface area contributed by atoms with Crippen LogP contribution in [-0.4, -0.2) is 6.54 Å². The predicted molar refractivity (Wildman–Crippen MR) is 79.0 cm³/mol. The van der Waals surface area contributed by atoms with Crippen molar-refractivity contribution >= 4 is 5.69 Å². The van der Waals surface area contributed by atoms with Crippen LogP contribution in [0.1, 0.15) is 24.0 Å². The molecule has 0 fully saturated rings. The highest BCUT2D eigenvalue weighted by Crippen LogP contribution is 2.16. The lowest BCUT2D eigenvalue weighted by molar-refractivity contribution is 0.627. The van der Waals surface area contributed by atoms with Crippen molar-refractivity contribution in [2.45, 2.75) is 26.2 Å². The van der Waals surface area contributed by atoms with Gasteiger partial charge in [-0.3, -0.25) is 0 Å². The van der Waals surface area contributed by atoms with Gasteiger partial charge in [-0.25, -0.2) is 4.39 Å². The van der Waals surface area contributed by atoms with Crippen LogP contribution in [0.4, 0.5) is 10.1 Å². The molecule has 0 aliphatic rings. The molecule has 0 unspecified atom stereocenters. The van der Waals surface area contributed by atoms with Crippen LogP contribution >= 0.6 is 0 Å². The summed E-state index contributed by atoms with van der Waals surface area (Å²) in [5, 5.41) is 3.30. The predicted octanol–water partition coefficient (Wildman–Crippen LogP) is 4.57. The fourth-order valence-corrected chi connectivity index (χ4v) is 2.11. The molecule has 0 saturated heterocycles. The molecule has 0 aliphatic carbocycles. The lowest BCUT2D eigenvalue weighted by Gasteiger charge is -2.09. The monoisotopic (exact) mass is 257 g/mol. The standard InChI is InChI=1S/C17H20FN/c1-14-10-11-16(18)13-17(14)19-12-6-5-9-15-7-3-2-4-8-15/h2-4,7-8,10-11,13,19H,5-6,9,12H2,1H3. The molecule has 100 valence electrons. The first kappa shape index (κ1) is 13.6.